The summed E-state index contributed by atoms with van der Waals surface area (Å²) in [6, 6.07) is 5.39. The number of halogens is 2. The molecule has 0 unspecified atom stereocenters. The molecule has 0 aliphatic rings. The van der Waals surface area contributed by atoms with Gasteiger partial charge in [0.05, 0.1) is 34.0 Å². The fraction of sp³-hybridized carbons (Fsp3) is 0.286. The molecule has 0 aliphatic heterocycles. The Morgan fingerprint density at radius 3 is 2.81 bits per heavy atom. The van der Waals surface area contributed by atoms with Gasteiger partial charge in [-0.2, -0.15) is 5.10 Å². The van der Waals surface area contributed by atoms with Gasteiger partial charge in [-0.05, 0) is 31.4 Å². The first-order valence-corrected chi connectivity index (χ1v) is 8.36. The van der Waals surface area contributed by atoms with Crippen LogP contribution in [0.5, 0.6) is 0 Å². The highest BCUT2D eigenvalue weighted by molar-refractivity contribution is 7.98. The largest absolute Gasteiger partial charge is 0.346 e. The van der Waals surface area contributed by atoms with E-state index >= 15 is 0 Å². The van der Waals surface area contributed by atoms with E-state index in [0.29, 0.717) is 28.7 Å². The highest BCUT2D eigenvalue weighted by Crippen LogP contribution is 2.23. The monoisotopic (exact) mass is 343 g/mol. The number of nitrogens with zero attached hydrogens (tertiary/aromatic N) is 2. The van der Waals surface area contributed by atoms with Crippen molar-refractivity contribution in [1.82, 2.24) is 15.1 Å². The summed E-state index contributed by atoms with van der Waals surface area (Å²) in [6.07, 6.45) is 3.53. The summed E-state index contributed by atoms with van der Waals surface area (Å²) >= 11 is 13.7. The lowest BCUT2D eigenvalue weighted by atomic mass is 10.2. The summed E-state index contributed by atoms with van der Waals surface area (Å²) in [5, 5.41) is 7.94. The highest BCUT2D eigenvalue weighted by atomic mass is 35.5. The van der Waals surface area contributed by atoms with Crippen LogP contribution in [0.25, 0.3) is 0 Å². The molecule has 4 nitrogen and oxygen atoms in total. The molecule has 2 rings (SSSR count). The van der Waals surface area contributed by atoms with Gasteiger partial charge in [0.2, 0.25) is 0 Å². The molecular weight excluding hydrogens is 329 g/mol. The van der Waals surface area contributed by atoms with Gasteiger partial charge in [-0.1, -0.05) is 23.2 Å². The smallest absolute Gasteiger partial charge is 0.253 e. The molecule has 0 saturated heterocycles. The molecular formula is C14H15Cl2N3OS. The van der Waals surface area contributed by atoms with Crippen LogP contribution >= 0.6 is 35.0 Å². The lowest BCUT2D eigenvalue weighted by molar-refractivity contribution is 0.0950. The number of hydrogen-bond acceptors (Lipinski definition) is 3. The van der Waals surface area contributed by atoms with Crippen molar-refractivity contribution in [2.24, 2.45) is 0 Å². The Kier molecular flexibility index (Phi) is 5.56. The molecule has 0 saturated carbocycles. The van der Waals surface area contributed by atoms with Crippen LogP contribution in [0.3, 0.4) is 0 Å². The SMILES string of the molecule is CCn1ncc(Cl)c1CNC(=O)c1cc(SC)ccc1Cl. The summed E-state index contributed by atoms with van der Waals surface area (Å²) in [5.74, 6) is -0.226. The number of nitrogens with one attached hydrogen (secondary N) is 1. The fourth-order valence-electron chi connectivity index (χ4n) is 1.90. The van der Waals surface area contributed by atoms with Crippen molar-refractivity contribution >= 4 is 40.9 Å². The molecule has 0 fully saturated rings. The van der Waals surface area contributed by atoms with Crippen molar-refractivity contribution in [3.8, 4) is 0 Å². The van der Waals surface area contributed by atoms with E-state index in [1.807, 2.05) is 19.2 Å². The first kappa shape index (κ1) is 16.2. The van der Waals surface area contributed by atoms with Gasteiger partial charge in [-0.3, -0.25) is 9.48 Å². The molecule has 0 atom stereocenters. The summed E-state index contributed by atoms with van der Waals surface area (Å²) in [4.78, 5) is 13.2. The normalized spacial score (nSPS) is 10.7. The van der Waals surface area contributed by atoms with Gasteiger partial charge in [0.1, 0.15) is 0 Å². The molecule has 1 aromatic carbocycles. The molecule has 1 heterocycles. The van der Waals surface area contributed by atoms with Gasteiger partial charge in [0.15, 0.2) is 0 Å². The number of carbonyl (C=O) groups excluding carboxylic acids is 1. The molecule has 2 aromatic rings. The molecule has 1 amide bonds. The van der Waals surface area contributed by atoms with Gasteiger partial charge < -0.3 is 5.32 Å². The van der Waals surface area contributed by atoms with Gasteiger partial charge in [0, 0.05) is 11.4 Å². The average molecular weight is 344 g/mol. The quantitative estimate of drug-likeness (QED) is 0.838. The van der Waals surface area contributed by atoms with Gasteiger partial charge in [0.25, 0.3) is 5.91 Å². The van der Waals surface area contributed by atoms with Crippen molar-refractivity contribution in [1.29, 1.82) is 0 Å². The van der Waals surface area contributed by atoms with E-state index in [-0.39, 0.29) is 5.91 Å². The Morgan fingerprint density at radius 2 is 2.14 bits per heavy atom. The standard InChI is InChI=1S/C14H15Cl2N3OS/c1-3-19-13(12(16)7-18-19)8-17-14(20)10-6-9(21-2)4-5-11(10)15/h4-7H,3,8H2,1-2H3,(H,17,20). The Morgan fingerprint density at radius 1 is 1.38 bits per heavy atom. The van der Waals surface area contributed by atoms with Crippen molar-refractivity contribution in [3.05, 3.63) is 45.7 Å². The van der Waals surface area contributed by atoms with Gasteiger partial charge in [-0.25, -0.2) is 0 Å². The topological polar surface area (TPSA) is 46.9 Å². The van der Waals surface area contributed by atoms with E-state index in [9.17, 15) is 4.79 Å². The molecule has 0 spiro atoms. The maximum absolute atomic E-state index is 12.3. The zero-order chi connectivity index (χ0) is 15.4. The number of carbonyl (C=O) groups is 1. The van der Waals surface area contributed by atoms with E-state index in [2.05, 4.69) is 10.4 Å². The second-order valence-corrected chi connectivity index (χ2v) is 5.98. The Labute approximate surface area is 137 Å². The third kappa shape index (κ3) is 3.73. The van der Waals surface area contributed by atoms with Gasteiger partial charge in [-0.15, -0.1) is 11.8 Å². The van der Waals surface area contributed by atoms with Gasteiger partial charge >= 0.3 is 0 Å². The van der Waals surface area contributed by atoms with E-state index in [1.165, 1.54) is 0 Å². The predicted molar refractivity (Wildman–Crippen MR) is 87.3 cm³/mol. The number of benzene rings is 1. The molecule has 1 aromatic heterocycles. The third-order valence-electron chi connectivity index (χ3n) is 3.03. The van der Waals surface area contributed by atoms with Crippen LogP contribution in [-0.4, -0.2) is 21.9 Å². The minimum absolute atomic E-state index is 0.226. The maximum atomic E-state index is 12.3. The summed E-state index contributed by atoms with van der Waals surface area (Å²) < 4.78 is 1.75. The van der Waals surface area contributed by atoms with Crippen LogP contribution in [0.1, 0.15) is 23.0 Å². The molecule has 21 heavy (non-hydrogen) atoms. The zero-order valence-electron chi connectivity index (χ0n) is 11.7. The predicted octanol–water partition coefficient (Wildman–Crippen LogP) is 3.86. The van der Waals surface area contributed by atoms with E-state index in [4.69, 9.17) is 23.2 Å². The third-order valence-corrected chi connectivity index (χ3v) is 4.40. The fourth-order valence-corrected chi connectivity index (χ4v) is 2.75. The van der Waals surface area contributed by atoms with Crippen LogP contribution in [0.4, 0.5) is 0 Å². The average Bonchev–Trinajstić information content (AvgIpc) is 2.85. The summed E-state index contributed by atoms with van der Waals surface area (Å²) in [7, 11) is 0. The number of rotatable bonds is 5. The summed E-state index contributed by atoms with van der Waals surface area (Å²) in [6.45, 7) is 2.97. The second kappa shape index (κ2) is 7.20. The number of thioether (sulfide) groups is 1. The highest BCUT2D eigenvalue weighted by Gasteiger charge is 2.13. The van der Waals surface area contributed by atoms with E-state index in [0.717, 1.165) is 10.6 Å². The Hall–Kier alpha value is -1.17. The minimum atomic E-state index is -0.226. The van der Waals surface area contributed by atoms with Crippen molar-refractivity contribution < 1.29 is 4.79 Å². The number of aryl methyl sites for hydroxylation is 1. The second-order valence-electron chi connectivity index (χ2n) is 4.28. The molecule has 0 radical (unpaired) electrons. The minimum Gasteiger partial charge on any atom is -0.346 e. The molecule has 0 bridgehead atoms. The first-order valence-electron chi connectivity index (χ1n) is 6.38. The number of aromatic nitrogens is 2. The van der Waals surface area contributed by atoms with E-state index < -0.39 is 0 Å². The van der Waals surface area contributed by atoms with Crippen LogP contribution in [0, 0.1) is 0 Å². The van der Waals surface area contributed by atoms with Crippen LogP contribution in [0.2, 0.25) is 10.0 Å². The molecule has 0 aliphatic carbocycles. The first-order chi connectivity index (χ1) is 10.1. The van der Waals surface area contributed by atoms with Crippen LogP contribution < -0.4 is 5.32 Å². The molecule has 7 heteroatoms. The maximum Gasteiger partial charge on any atom is 0.253 e. The number of hydrogen-bond donors (Lipinski definition) is 1. The molecule has 1 N–H and O–H groups in total. The van der Waals surface area contributed by atoms with Crippen LogP contribution in [-0.2, 0) is 13.1 Å². The Bertz CT molecular complexity index is 658. The van der Waals surface area contributed by atoms with Crippen LogP contribution in [0.15, 0.2) is 29.3 Å². The van der Waals surface area contributed by atoms with Crippen molar-refractivity contribution in [2.45, 2.75) is 24.9 Å². The lowest BCUT2D eigenvalue weighted by Gasteiger charge is -2.09. The van der Waals surface area contributed by atoms with Crippen molar-refractivity contribution in [3.63, 3.8) is 0 Å². The Balaban J connectivity index is 2.13. The zero-order valence-corrected chi connectivity index (χ0v) is 14.0. The summed E-state index contributed by atoms with van der Waals surface area (Å²) in [5.41, 5.74) is 1.24. The lowest BCUT2D eigenvalue weighted by Crippen LogP contribution is -2.25. The molecule has 112 valence electrons. The van der Waals surface area contributed by atoms with Crippen molar-refractivity contribution in [2.75, 3.05) is 6.26 Å². The van der Waals surface area contributed by atoms with E-state index in [1.54, 1.807) is 34.8 Å². The number of amides is 1.